The minimum atomic E-state index is 0.392. The minimum Gasteiger partial charge on any atom is -0.507 e. The molecular formula is C15H17NO. The Kier molecular flexibility index (Phi) is 2.25. The second kappa shape index (κ2) is 3.66. The Morgan fingerprint density at radius 1 is 1.29 bits per heavy atom. The standard InChI is InChI=1S/C15H17NO/c1-3-10-9-16(2)13-8-14(17)11-6-4-5-7-12(11)15(10)13/h4-8,10,17H,3,9H2,1-2H3. The van der Waals surface area contributed by atoms with Gasteiger partial charge in [-0.05, 0) is 17.4 Å². The van der Waals surface area contributed by atoms with Crippen LogP contribution in [0.5, 0.6) is 5.75 Å². The number of phenolic OH excluding ortho intramolecular Hbond substituents is 1. The van der Waals surface area contributed by atoms with Gasteiger partial charge in [0.2, 0.25) is 0 Å². The van der Waals surface area contributed by atoms with Crippen molar-refractivity contribution in [2.75, 3.05) is 18.5 Å². The highest BCUT2D eigenvalue weighted by atomic mass is 16.3. The van der Waals surface area contributed by atoms with Gasteiger partial charge in [0.25, 0.3) is 0 Å². The molecule has 0 saturated carbocycles. The van der Waals surface area contributed by atoms with Crippen LogP contribution in [-0.4, -0.2) is 18.7 Å². The number of anilines is 1. The van der Waals surface area contributed by atoms with E-state index >= 15 is 0 Å². The molecule has 0 radical (unpaired) electrons. The molecule has 2 aromatic carbocycles. The molecule has 1 aliphatic heterocycles. The van der Waals surface area contributed by atoms with Gasteiger partial charge in [-0.15, -0.1) is 0 Å². The van der Waals surface area contributed by atoms with Gasteiger partial charge in [0, 0.05) is 36.7 Å². The summed E-state index contributed by atoms with van der Waals surface area (Å²) in [6.07, 6.45) is 1.14. The molecular weight excluding hydrogens is 210 g/mol. The van der Waals surface area contributed by atoms with Gasteiger partial charge >= 0.3 is 0 Å². The number of likely N-dealkylation sites (N-methyl/N-ethyl adjacent to an activating group) is 1. The molecule has 1 N–H and O–H groups in total. The van der Waals surface area contributed by atoms with Crippen molar-refractivity contribution in [1.82, 2.24) is 0 Å². The quantitative estimate of drug-likeness (QED) is 0.806. The van der Waals surface area contributed by atoms with Crippen molar-refractivity contribution in [1.29, 1.82) is 0 Å². The van der Waals surface area contributed by atoms with Gasteiger partial charge < -0.3 is 10.0 Å². The number of rotatable bonds is 1. The lowest BCUT2D eigenvalue weighted by Crippen LogP contribution is -2.14. The largest absolute Gasteiger partial charge is 0.507 e. The Morgan fingerprint density at radius 2 is 2.00 bits per heavy atom. The first-order chi connectivity index (χ1) is 8.22. The monoisotopic (exact) mass is 227 g/mol. The Balaban J connectivity index is 2.38. The van der Waals surface area contributed by atoms with Crippen LogP contribution in [0.3, 0.4) is 0 Å². The maximum atomic E-state index is 10.1. The van der Waals surface area contributed by atoms with Crippen LogP contribution >= 0.6 is 0 Å². The molecule has 1 aliphatic rings. The Bertz CT molecular complexity index is 576. The summed E-state index contributed by atoms with van der Waals surface area (Å²) in [6.45, 7) is 3.29. The highest BCUT2D eigenvalue weighted by Crippen LogP contribution is 2.44. The molecule has 2 heteroatoms. The summed E-state index contributed by atoms with van der Waals surface area (Å²) in [6, 6.07) is 10.1. The lowest BCUT2D eigenvalue weighted by Gasteiger charge is -2.13. The number of hydrogen-bond donors (Lipinski definition) is 1. The van der Waals surface area contributed by atoms with E-state index in [0.29, 0.717) is 11.7 Å². The second-order valence-electron chi connectivity index (χ2n) is 4.86. The predicted molar refractivity (Wildman–Crippen MR) is 71.9 cm³/mol. The molecule has 2 nitrogen and oxygen atoms in total. The lowest BCUT2D eigenvalue weighted by molar-refractivity contribution is 0.481. The maximum Gasteiger partial charge on any atom is 0.125 e. The molecule has 1 unspecified atom stereocenters. The third-order valence-corrected chi connectivity index (χ3v) is 3.85. The first-order valence-electron chi connectivity index (χ1n) is 6.18. The van der Waals surface area contributed by atoms with Crippen molar-refractivity contribution in [2.45, 2.75) is 19.3 Å². The highest BCUT2D eigenvalue weighted by Gasteiger charge is 2.28. The van der Waals surface area contributed by atoms with E-state index in [4.69, 9.17) is 0 Å². The summed E-state index contributed by atoms with van der Waals surface area (Å²) in [7, 11) is 2.10. The number of hydrogen-bond acceptors (Lipinski definition) is 2. The van der Waals surface area contributed by atoms with E-state index in [0.717, 1.165) is 18.4 Å². The van der Waals surface area contributed by atoms with Gasteiger partial charge in [-0.3, -0.25) is 0 Å². The molecule has 88 valence electrons. The number of nitrogens with zero attached hydrogens (tertiary/aromatic N) is 1. The fourth-order valence-electron chi connectivity index (χ4n) is 2.96. The topological polar surface area (TPSA) is 23.5 Å². The normalized spacial score (nSPS) is 18.7. The van der Waals surface area contributed by atoms with E-state index in [1.165, 1.54) is 16.6 Å². The summed E-state index contributed by atoms with van der Waals surface area (Å²) in [5.74, 6) is 0.975. The molecule has 0 saturated heterocycles. The van der Waals surface area contributed by atoms with Crippen molar-refractivity contribution >= 4 is 16.5 Å². The van der Waals surface area contributed by atoms with Gasteiger partial charge in [-0.2, -0.15) is 0 Å². The van der Waals surface area contributed by atoms with Crippen LogP contribution in [0.4, 0.5) is 5.69 Å². The molecule has 17 heavy (non-hydrogen) atoms. The summed E-state index contributed by atoms with van der Waals surface area (Å²) in [5.41, 5.74) is 2.59. The van der Waals surface area contributed by atoms with Gasteiger partial charge in [0.05, 0.1) is 0 Å². The van der Waals surface area contributed by atoms with Crippen LogP contribution in [0.25, 0.3) is 10.8 Å². The van der Waals surface area contributed by atoms with Crippen molar-refractivity contribution in [2.24, 2.45) is 0 Å². The van der Waals surface area contributed by atoms with Crippen LogP contribution in [-0.2, 0) is 0 Å². The van der Waals surface area contributed by atoms with E-state index < -0.39 is 0 Å². The third-order valence-electron chi connectivity index (χ3n) is 3.85. The molecule has 0 fully saturated rings. The number of fused-ring (bicyclic) bond motifs is 3. The molecule has 1 atom stereocenters. The number of benzene rings is 2. The average Bonchev–Trinajstić information content (AvgIpc) is 2.67. The minimum absolute atomic E-state index is 0.392. The maximum absolute atomic E-state index is 10.1. The van der Waals surface area contributed by atoms with Crippen molar-refractivity contribution in [3.05, 3.63) is 35.9 Å². The molecule has 0 aliphatic carbocycles. The zero-order valence-corrected chi connectivity index (χ0v) is 10.3. The molecule has 1 heterocycles. The molecule has 3 rings (SSSR count). The van der Waals surface area contributed by atoms with E-state index in [9.17, 15) is 5.11 Å². The van der Waals surface area contributed by atoms with E-state index in [1.807, 2.05) is 24.3 Å². The third kappa shape index (κ3) is 1.40. The van der Waals surface area contributed by atoms with Crippen LogP contribution in [0, 0.1) is 0 Å². The van der Waals surface area contributed by atoms with Gasteiger partial charge in [0.15, 0.2) is 0 Å². The fourth-order valence-corrected chi connectivity index (χ4v) is 2.96. The molecule has 0 bridgehead atoms. The van der Waals surface area contributed by atoms with Gasteiger partial charge in [-0.1, -0.05) is 31.2 Å². The number of aromatic hydroxyl groups is 1. The zero-order valence-electron chi connectivity index (χ0n) is 10.3. The molecule has 0 spiro atoms. The Hall–Kier alpha value is -1.70. The van der Waals surface area contributed by atoms with Crippen LogP contribution < -0.4 is 4.90 Å². The van der Waals surface area contributed by atoms with Crippen LogP contribution in [0.15, 0.2) is 30.3 Å². The fraction of sp³-hybridized carbons (Fsp3) is 0.333. The highest BCUT2D eigenvalue weighted by molar-refractivity contribution is 5.96. The average molecular weight is 227 g/mol. The van der Waals surface area contributed by atoms with Crippen molar-refractivity contribution < 1.29 is 5.11 Å². The molecule has 2 aromatic rings. The Labute approximate surface area is 101 Å². The van der Waals surface area contributed by atoms with Gasteiger partial charge in [0.1, 0.15) is 5.75 Å². The summed E-state index contributed by atoms with van der Waals surface area (Å²) < 4.78 is 0. The van der Waals surface area contributed by atoms with E-state index in [-0.39, 0.29) is 0 Å². The van der Waals surface area contributed by atoms with Crippen LogP contribution in [0.2, 0.25) is 0 Å². The van der Waals surface area contributed by atoms with Crippen molar-refractivity contribution in [3.8, 4) is 5.75 Å². The molecule has 0 aromatic heterocycles. The first kappa shape index (κ1) is 10.5. The van der Waals surface area contributed by atoms with Crippen molar-refractivity contribution in [3.63, 3.8) is 0 Å². The Morgan fingerprint density at radius 3 is 2.71 bits per heavy atom. The molecule has 0 amide bonds. The van der Waals surface area contributed by atoms with E-state index in [1.54, 1.807) is 0 Å². The summed E-state index contributed by atoms with van der Waals surface area (Å²) >= 11 is 0. The number of phenols is 1. The van der Waals surface area contributed by atoms with E-state index in [2.05, 4.69) is 24.9 Å². The lowest BCUT2D eigenvalue weighted by atomic mass is 9.93. The smallest absolute Gasteiger partial charge is 0.125 e. The summed E-state index contributed by atoms with van der Waals surface area (Å²) in [5, 5.41) is 12.3. The predicted octanol–water partition coefficient (Wildman–Crippen LogP) is 3.49. The van der Waals surface area contributed by atoms with Crippen LogP contribution in [0.1, 0.15) is 24.8 Å². The first-order valence-corrected chi connectivity index (χ1v) is 6.18. The SMILES string of the molecule is CCC1CN(C)c2cc(O)c3ccccc3c21. The van der Waals surface area contributed by atoms with Gasteiger partial charge in [-0.25, -0.2) is 0 Å². The zero-order chi connectivity index (χ0) is 12.0. The second-order valence-corrected chi connectivity index (χ2v) is 4.86. The summed E-state index contributed by atoms with van der Waals surface area (Å²) in [4.78, 5) is 2.25.